The molecule has 1 heterocycles. The minimum Gasteiger partial charge on any atom is -0.369 e. The highest BCUT2D eigenvalue weighted by atomic mass is 16.2. The first-order valence-electron chi connectivity index (χ1n) is 9.02. The van der Waals surface area contributed by atoms with E-state index in [2.05, 4.69) is 33.8 Å². The zero-order valence-corrected chi connectivity index (χ0v) is 15.7. The fourth-order valence-corrected chi connectivity index (χ4v) is 4.39. The van der Waals surface area contributed by atoms with Crippen molar-refractivity contribution in [3.05, 3.63) is 41.5 Å². The van der Waals surface area contributed by atoms with Crippen LogP contribution >= 0.6 is 0 Å². The van der Waals surface area contributed by atoms with Crippen LogP contribution in [0, 0.1) is 17.3 Å². The molecule has 2 amide bonds. The molecule has 1 fully saturated rings. The van der Waals surface area contributed by atoms with E-state index in [0.717, 1.165) is 11.3 Å². The molecule has 0 bridgehead atoms. The van der Waals surface area contributed by atoms with E-state index in [1.54, 1.807) is 0 Å². The van der Waals surface area contributed by atoms with Crippen molar-refractivity contribution in [3.63, 3.8) is 0 Å². The quantitative estimate of drug-likeness (QED) is 0.854. The monoisotopic (exact) mass is 340 g/mol. The summed E-state index contributed by atoms with van der Waals surface area (Å²) in [7, 11) is 0. The van der Waals surface area contributed by atoms with Gasteiger partial charge in [-0.2, -0.15) is 0 Å². The summed E-state index contributed by atoms with van der Waals surface area (Å²) in [6.45, 7) is 10.5. The predicted molar refractivity (Wildman–Crippen MR) is 100 cm³/mol. The SMILES string of the molecule is CC(C)=C[C@@H]1[C@H](C(=O)N2c3ccccc3[C@H](C(N)=O)C[C@H]2C)C1(C)C. The summed E-state index contributed by atoms with van der Waals surface area (Å²) in [6.07, 6.45) is 2.80. The first kappa shape index (κ1) is 17.7. The Kier molecular flexibility index (Phi) is 4.26. The minimum atomic E-state index is -0.323. The Bertz CT molecular complexity index is 746. The van der Waals surface area contributed by atoms with Crippen molar-refractivity contribution in [2.45, 2.75) is 53.0 Å². The summed E-state index contributed by atoms with van der Waals surface area (Å²) in [5.74, 6) is -0.215. The molecule has 4 atom stereocenters. The van der Waals surface area contributed by atoms with Gasteiger partial charge in [-0.15, -0.1) is 0 Å². The highest BCUT2D eigenvalue weighted by molar-refractivity contribution is 6.01. The van der Waals surface area contributed by atoms with Crippen LogP contribution in [0.1, 0.15) is 52.5 Å². The number of primary amides is 1. The molecule has 4 nitrogen and oxygen atoms in total. The van der Waals surface area contributed by atoms with Crippen LogP contribution in [0.15, 0.2) is 35.9 Å². The van der Waals surface area contributed by atoms with Crippen LogP contribution in [0.25, 0.3) is 0 Å². The minimum absolute atomic E-state index is 0.0111. The van der Waals surface area contributed by atoms with Crippen LogP contribution in [-0.2, 0) is 9.59 Å². The van der Waals surface area contributed by atoms with Gasteiger partial charge in [0.15, 0.2) is 0 Å². The number of nitrogens with zero attached hydrogens (tertiary/aromatic N) is 1. The van der Waals surface area contributed by atoms with E-state index in [0.29, 0.717) is 6.42 Å². The molecule has 3 rings (SSSR count). The third-order valence-electron chi connectivity index (χ3n) is 5.86. The van der Waals surface area contributed by atoms with Crippen LogP contribution in [0.5, 0.6) is 0 Å². The summed E-state index contributed by atoms with van der Waals surface area (Å²) in [6, 6.07) is 7.64. The van der Waals surface area contributed by atoms with Gasteiger partial charge in [0.2, 0.25) is 11.8 Å². The van der Waals surface area contributed by atoms with Crippen molar-refractivity contribution in [2.75, 3.05) is 4.90 Å². The normalized spacial score (nSPS) is 29.6. The largest absolute Gasteiger partial charge is 0.369 e. The van der Waals surface area contributed by atoms with Crippen LogP contribution in [0.4, 0.5) is 5.69 Å². The van der Waals surface area contributed by atoms with E-state index < -0.39 is 0 Å². The number of rotatable bonds is 3. The van der Waals surface area contributed by atoms with E-state index in [1.165, 1.54) is 5.57 Å². The van der Waals surface area contributed by atoms with Gasteiger partial charge in [0.05, 0.1) is 11.8 Å². The molecule has 4 heteroatoms. The summed E-state index contributed by atoms with van der Waals surface area (Å²) < 4.78 is 0. The Balaban J connectivity index is 1.97. The van der Waals surface area contributed by atoms with Crippen molar-refractivity contribution in [1.82, 2.24) is 0 Å². The maximum Gasteiger partial charge on any atom is 0.231 e. The molecule has 1 aromatic carbocycles. The van der Waals surface area contributed by atoms with Gasteiger partial charge in [-0.1, -0.05) is 43.7 Å². The molecule has 0 spiro atoms. The Morgan fingerprint density at radius 2 is 1.88 bits per heavy atom. The van der Waals surface area contributed by atoms with Gasteiger partial charge in [-0.05, 0) is 50.2 Å². The Labute approximate surface area is 150 Å². The molecule has 0 aromatic heterocycles. The van der Waals surface area contributed by atoms with Crippen LogP contribution < -0.4 is 10.6 Å². The van der Waals surface area contributed by atoms with E-state index in [9.17, 15) is 9.59 Å². The second kappa shape index (κ2) is 6.01. The lowest BCUT2D eigenvalue weighted by Crippen LogP contribution is -2.46. The Morgan fingerprint density at radius 3 is 2.48 bits per heavy atom. The van der Waals surface area contributed by atoms with Gasteiger partial charge in [0.1, 0.15) is 0 Å². The highest BCUT2D eigenvalue weighted by Gasteiger charge is 2.62. The molecular weight excluding hydrogens is 312 g/mol. The average molecular weight is 340 g/mol. The Hall–Kier alpha value is -2.10. The maximum atomic E-state index is 13.4. The van der Waals surface area contributed by atoms with E-state index >= 15 is 0 Å². The third-order valence-corrected chi connectivity index (χ3v) is 5.86. The fraction of sp³-hybridized carbons (Fsp3) is 0.524. The van der Waals surface area contributed by atoms with E-state index in [4.69, 9.17) is 5.73 Å². The topological polar surface area (TPSA) is 63.4 Å². The predicted octanol–water partition coefficient (Wildman–Crippen LogP) is 3.62. The third kappa shape index (κ3) is 2.88. The van der Waals surface area contributed by atoms with Crippen LogP contribution in [0.2, 0.25) is 0 Å². The van der Waals surface area contributed by atoms with Gasteiger partial charge in [0, 0.05) is 11.7 Å². The summed E-state index contributed by atoms with van der Waals surface area (Å²) >= 11 is 0. The van der Waals surface area contributed by atoms with Crippen molar-refractivity contribution >= 4 is 17.5 Å². The number of fused-ring (bicyclic) bond motifs is 1. The lowest BCUT2D eigenvalue weighted by Gasteiger charge is -2.38. The smallest absolute Gasteiger partial charge is 0.231 e. The zero-order valence-electron chi connectivity index (χ0n) is 15.7. The molecular formula is C21H28N2O2. The van der Waals surface area contributed by atoms with Gasteiger partial charge >= 0.3 is 0 Å². The number of carbonyl (C=O) groups excluding carboxylic acids is 2. The van der Waals surface area contributed by atoms with E-state index in [1.807, 2.05) is 36.1 Å². The van der Waals surface area contributed by atoms with Gasteiger partial charge in [-0.3, -0.25) is 9.59 Å². The molecule has 1 aliphatic heterocycles. The number of nitrogens with two attached hydrogens (primary N) is 1. The molecule has 2 aliphatic rings. The first-order valence-corrected chi connectivity index (χ1v) is 9.02. The molecule has 1 saturated carbocycles. The summed E-state index contributed by atoms with van der Waals surface area (Å²) in [4.78, 5) is 27.2. The number of carbonyl (C=O) groups is 2. The molecule has 0 radical (unpaired) electrons. The second-order valence-electron chi connectivity index (χ2n) is 8.38. The highest BCUT2D eigenvalue weighted by Crippen LogP contribution is 2.60. The number of amides is 2. The average Bonchev–Trinajstić information content (AvgIpc) is 3.05. The van der Waals surface area contributed by atoms with E-state index in [-0.39, 0.29) is 41.0 Å². The van der Waals surface area contributed by atoms with Crippen LogP contribution in [0.3, 0.4) is 0 Å². The molecule has 1 aliphatic carbocycles. The number of allylic oxidation sites excluding steroid dienone is 2. The molecule has 0 unspecified atom stereocenters. The number of hydrogen-bond donors (Lipinski definition) is 1. The number of benzene rings is 1. The lowest BCUT2D eigenvalue weighted by molar-refractivity contribution is -0.123. The summed E-state index contributed by atoms with van der Waals surface area (Å²) in [5.41, 5.74) is 8.54. The van der Waals surface area contributed by atoms with Crippen molar-refractivity contribution in [1.29, 1.82) is 0 Å². The zero-order chi connectivity index (χ0) is 18.5. The molecule has 2 N–H and O–H groups in total. The molecule has 1 aromatic rings. The van der Waals surface area contributed by atoms with Crippen LogP contribution in [-0.4, -0.2) is 17.9 Å². The first-order chi connectivity index (χ1) is 11.7. The van der Waals surface area contributed by atoms with Crippen molar-refractivity contribution in [3.8, 4) is 0 Å². The number of anilines is 1. The Morgan fingerprint density at radius 1 is 1.24 bits per heavy atom. The van der Waals surface area contributed by atoms with Gasteiger partial charge in [0.25, 0.3) is 0 Å². The van der Waals surface area contributed by atoms with Gasteiger partial charge in [-0.25, -0.2) is 0 Å². The van der Waals surface area contributed by atoms with Crippen molar-refractivity contribution < 1.29 is 9.59 Å². The standard InChI is InChI=1S/C21H28N2O2/c1-12(2)10-16-18(21(16,4)5)20(25)23-13(3)11-15(19(22)24)14-8-6-7-9-17(14)23/h6-10,13,15-16,18H,11H2,1-5H3,(H2,22,24)/t13-,15-,16-,18-/m1/s1. The fourth-order valence-electron chi connectivity index (χ4n) is 4.39. The lowest BCUT2D eigenvalue weighted by atomic mass is 9.85. The number of hydrogen-bond acceptors (Lipinski definition) is 2. The maximum absolute atomic E-state index is 13.4. The van der Waals surface area contributed by atoms with Crippen molar-refractivity contribution in [2.24, 2.45) is 23.0 Å². The molecule has 0 saturated heterocycles. The molecule has 134 valence electrons. The second-order valence-corrected chi connectivity index (χ2v) is 8.38. The molecule has 25 heavy (non-hydrogen) atoms. The van der Waals surface area contributed by atoms with Gasteiger partial charge < -0.3 is 10.6 Å². The summed E-state index contributed by atoms with van der Waals surface area (Å²) in [5, 5.41) is 0. The number of para-hydroxylation sites is 1.